The van der Waals surface area contributed by atoms with Crippen LogP contribution >= 0.6 is 15.9 Å². The van der Waals surface area contributed by atoms with Crippen molar-refractivity contribution >= 4 is 15.9 Å². The number of hydrogen-bond acceptors (Lipinski definition) is 2. The molecule has 2 rings (SSSR count). The molecule has 0 saturated heterocycles. The van der Waals surface area contributed by atoms with Crippen molar-refractivity contribution in [2.24, 2.45) is 0 Å². The van der Waals surface area contributed by atoms with E-state index in [1.165, 1.54) is 17.2 Å². The normalized spacial score (nSPS) is 12.4. The van der Waals surface area contributed by atoms with Crippen LogP contribution in [0.25, 0.3) is 0 Å². The molecule has 0 aliphatic carbocycles. The van der Waals surface area contributed by atoms with Crippen LogP contribution < -0.4 is 5.32 Å². The van der Waals surface area contributed by atoms with Crippen molar-refractivity contribution in [3.63, 3.8) is 0 Å². The molecule has 100 valence electrons. The lowest BCUT2D eigenvalue weighted by atomic mass is 10.1. The Bertz CT molecular complexity index is 572. The Hall–Kier alpha value is -1.26. The summed E-state index contributed by atoms with van der Waals surface area (Å²) in [7, 11) is 0. The number of pyridine rings is 1. The molecule has 19 heavy (non-hydrogen) atoms. The summed E-state index contributed by atoms with van der Waals surface area (Å²) in [4.78, 5) is 4.08. The average molecular weight is 323 g/mol. The lowest BCUT2D eigenvalue weighted by Gasteiger charge is -2.15. The van der Waals surface area contributed by atoms with E-state index in [9.17, 15) is 4.39 Å². The third-order valence-electron chi connectivity index (χ3n) is 3.18. The quantitative estimate of drug-likeness (QED) is 0.915. The number of benzene rings is 1. The first-order valence-corrected chi connectivity index (χ1v) is 6.95. The monoisotopic (exact) mass is 322 g/mol. The number of nitrogens with one attached hydrogen (secondary N) is 1. The second-order valence-electron chi connectivity index (χ2n) is 4.58. The molecule has 4 heteroatoms. The Kier molecular flexibility index (Phi) is 4.66. The fraction of sp³-hybridized carbons (Fsp3) is 0.267. The van der Waals surface area contributed by atoms with Crippen LogP contribution in [0.4, 0.5) is 4.39 Å². The molecule has 1 unspecified atom stereocenters. The molecular formula is C15H16BrFN2. The first-order chi connectivity index (χ1) is 9.08. The maximum absolute atomic E-state index is 13.2. The van der Waals surface area contributed by atoms with Gasteiger partial charge in [0.05, 0.1) is 4.47 Å². The Morgan fingerprint density at radius 1 is 1.37 bits per heavy atom. The zero-order chi connectivity index (χ0) is 13.8. The van der Waals surface area contributed by atoms with E-state index in [2.05, 4.69) is 33.2 Å². The van der Waals surface area contributed by atoms with E-state index >= 15 is 0 Å². The molecule has 1 heterocycles. The largest absolute Gasteiger partial charge is 0.306 e. The van der Waals surface area contributed by atoms with Crippen molar-refractivity contribution in [1.29, 1.82) is 0 Å². The summed E-state index contributed by atoms with van der Waals surface area (Å²) in [6, 6.07) is 7.26. The van der Waals surface area contributed by atoms with E-state index in [1.807, 2.05) is 25.3 Å². The standard InChI is InChI=1S/C15H16BrFN2/c1-10-8-18-6-5-13(10)9-19-11(2)12-3-4-15(17)14(16)7-12/h3-8,11,19H,9H2,1-2H3. The van der Waals surface area contributed by atoms with Gasteiger partial charge in [-0.2, -0.15) is 0 Å². The zero-order valence-electron chi connectivity index (χ0n) is 11.0. The van der Waals surface area contributed by atoms with Crippen LogP contribution in [-0.4, -0.2) is 4.98 Å². The van der Waals surface area contributed by atoms with Crippen LogP contribution in [-0.2, 0) is 6.54 Å². The summed E-state index contributed by atoms with van der Waals surface area (Å²) in [6.45, 7) is 4.88. The second-order valence-corrected chi connectivity index (χ2v) is 5.43. The highest BCUT2D eigenvalue weighted by Crippen LogP contribution is 2.21. The van der Waals surface area contributed by atoms with Crippen molar-refractivity contribution in [2.75, 3.05) is 0 Å². The fourth-order valence-electron chi connectivity index (χ4n) is 1.86. The summed E-state index contributed by atoms with van der Waals surface area (Å²) in [5, 5.41) is 3.43. The number of aryl methyl sites for hydroxylation is 1. The highest BCUT2D eigenvalue weighted by Gasteiger charge is 2.08. The van der Waals surface area contributed by atoms with Crippen molar-refractivity contribution in [3.8, 4) is 0 Å². The average Bonchev–Trinajstić information content (AvgIpc) is 2.40. The zero-order valence-corrected chi connectivity index (χ0v) is 12.5. The number of rotatable bonds is 4. The summed E-state index contributed by atoms with van der Waals surface area (Å²) in [6.07, 6.45) is 3.65. The van der Waals surface area contributed by atoms with Gasteiger partial charge in [-0.1, -0.05) is 6.07 Å². The number of hydrogen-bond donors (Lipinski definition) is 1. The van der Waals surface area contributed by atoms with Gasteiger partial charge in [0.15, 0.2) is 0 Å². The van der Waals surface area contributed by atoms with Crippen LogP contribution in [0.2, 0.25) is 0 Å². The van der Waals surface area contributed by atoms with Gasteiger partial charge in [0, 0.05) is 25.0 Å². The van der Waals surface area contributed by atoms with E-state index in [1.54, 1.807) is 12.3 Å². The Morgan fingerprint density at radius 3 is 2.84 bits per heavy atom. The molecule has 0 fully saturated rings. The minimum Gasteiger partial charge on any atom is -0.306 e. The summed E-state index contributed by atoms with van der Waals surface area (Å²) >= 11 is 3.21. The summed E-state index contributed by atoms with van der Waals surface area (Å²) < 4.78 is 13.7. The lowest BCUT2D eigenvalue weighted by Crippen LogP contribution is -2.18. The van der Waals surface area contributed by atoms with Gasteiger partial charge < -0.3 is 5.32 Å². The minimum atomic E-state index is -0.235. The second kappa shape index (κ2) is 6.26. The Labute approximate surface area is 121 Å². The van der Waals surface area contributed by atoms with E-state index < -0.39 is 0 Å². The maximum atomic E-state index is 13.2. The molecule has 0 spiro atoms. The van der Waals surface area contributed by atoms with Crippen molar-refractivity contribution in [3.05, 3.63) is 63.6 Å². The van der Waals surface area contributed by atoms with Gasteiger partial charge in [-0.15, -0.1) is 0 Å². The van der Waals surface area contributed by atoms with Gasteiger partial charge in [-0.25, -0.2) is 4.39 Å². The molecule has 2 aromatic rings. The highest BCUT2D eigenvalue weighted by molar-refractivity contribution is 9.10. The molecule has 2 nitrogen and oxygen atoms in total. The molecule has 1 aromatic carbocycles. The summed E-state index contributed by atoms with van der Waals surface area (Å²) in [5.74, 6) is -0.235. The van der Waals surface area contributed by atoms with Crippen molar-refractivity contribution in [1.82, 2.24) is 10.3 Å². The van der Waals surface area contributed by atoms with Crippen LogP contribution in [0.5, 0.6) is 0 Å². The maximum Gasteiger partial charge on any atom is 0.137 e. The van der Waals surface area contributed by atoms with Gasteiger partial charge >= 0.3 is 0 Å². The predicted octanol–water partition coefficient (Wildman–Crippen LogP) is 4.14. The van der Waals surface area contributed by atoms with E-state index in [0.29, 0.717) is 4.47 Å². The van der Waals surface area contributed by atoms with E-state index in [-0.39, 0.29) is 11.9 Å². The Morgan fingerprint density at radius 2 is 2.16 bits per heavy atom. The topological polar surface area (TPSA) is 24.9 Å². The third-order valence-corrected chi connectivity index (χ3v) is 3.79. The van der Waals surface area contributed by atoms with Gasteiger partial charge in [0.25, 0.3) is 0 Å². The van der Waals surface area contributed by atoms with Gasteiger partial charge in [0.2, 0.25) is 0 Å². The van der Waals surface area contributed by atoms with Crippen LogP contribution in [0, 0.1) is 12.7 Å². The SMILES string of the molecule is Cc1cnccc1CNC(C)c1ccc(F)c(Br)c1. The van der Waals surface area contributed by atoms with Crippen molar-refractivity contribution < 1.29 is 4.39 Å². The molecule has 0 aliphatic heterocycles. The third kappa shape index (κ3) is 3.61. The van der Waals surface area contributed by atoms with Crippen molar-refractivity contribution in [2.45, 2.75) is 26.4 Å². The minimum absolute atomic E-state index is 0.157. The molecule has 0 bridgehead atoms. The van der Waals surface area contributed by atoms with Gasteiger partial charge in [-0.3, -0.25) is 4.98 Å². The lowest BCUT2D eigenvalue weighted by molar-refractivity contribution is 0.568. The van der Waals surface area contributed by atoms with Crippen LogP contribution in [0.15, 0.2) is 41.1 Å². The molecule has 0 radical (unpaired) electrons. The number of halogens is 2. The van der Waals surface area contributed by atoms with E-state index in [0.717, 1.165) is 12.1 Å². The molecule has 1 N–H and O–H groups in total. The van der Waals surface area contributed by atoms with Crippen LogP contribution in [0.3, 0.4) is 0 Å². The summed E-state index contributed by atoms with van der Waals surface area (Å²) in [5.41, 5.74) is 3.45. The molecule has 0 saturated carbocycles. The number of aromatic nitrogens is 1. The molecule has 0 aliphatic rings. The Balaban J connectivity index is 2.03. The smallest absolute Gasteiger partial charge is 0.137 e. The first kappa shape index (κ1) is 14.2. The predicted molar refractivity (Wildman–Crippen MR) is 78.3 cm³/mol. The fourth-order valence-corrected chi connectivity index (χ4v) is 2.26. The van der Waals surface area contributed by atoms with Crippen LogP contribution in [0.1, 0.15) is 29.7 Å². The molecular weight excluding hydrogens is 307 g/mol. The first-order valence-electron chi connectivity index (χ1n) is 6.15. The number of nitrogens with zero attached hydrogens (tertiary/aromatic N) is 1. The molecule has 1 atom stereocenters. The van der Waals surface area contributed by atoms with E-state index in [4.69, 9.17) is 0 Å². The van der Waals surface area contributed by atoms with Gasteiger partial charge in [-0.05, 0) is 64.7 Å². The van der Waals surface area contributed by atoms with Gasteiger partial charge in [0.1, 0.15) is 5.82 Å². The molecule has 1 aromatic heterocycles. The highest BCUT2D eigenvalue weighted by atomic mass is 79.9. The molecule has 0 amide bonds.